The van der Waals surface area contributed by atoms with Gasteiger partial charge in [0.2, 0.25) is 0 Å². The molecule has 0 fully saturated rings. The van der Waals surface area contributed by atoms with Crippen LogP contribution in [-0.2, 0) is 0 Å². The van der Waals surface area contributed by atoms with E-state index < -0.39 is 0 Å². The first-order valence-electron chi connectivity index (χ1n) is 24.2. The van der Waals surface area contributed by atoms with Gasteiger partial charge in [-0.2, -0.15) is 0 Å². The Labute approximate surface area is 418 Å². The molecule has 1 aromatic heterocycles. The van der Waals surface area contributed by atoms with Gasteiger partial charge in [-0.25, -0.2) is 0 Å². The first-order chi connectivity index (χ1) is 35.2. The number of benzene rings is 12. The molecule has 1 heterocycles. The van der Waals surface area contributed by atoms with Crippen LogP contribution < -0.4 is 9.80 Å². The largest absolute Gasteiger partial charge is 0.309 e. The van der Waals surface area contributed by atoms with Crippen molar-refractivity contribution in [3.63, 3.8) is 0 Å². The van der Waals surface area contributed by atoms with E-state index in [4.69, 9.17) is 0 Å². The molecule has 3 heteroatoms. The highest BCUT2D eigenvalue weighted by atomic mass is 32.1. The SMILES string of the molecule is c1ccc(-c2ccc(-c3cccc(N(c4ccccc4-c4ccccc4N(c4ccc(-c5cccc6sc7ccccc7c56)cc4)c4cccc5ccccc45)c4cccc5ccccc45)c3)cc2)cc1. The van der Waals surface area contributed by atoms with Crippen molar-refractivity contribution in [3.8, 4) is 44.5 Å². The number of rotatable bonds is 10. The number of hydrogen-bond donors (Lipinski definition) is 0. The zero-order valence-electron chi connectivity index (χ0n) is 38.9. The van der Waals surface area contributed by atoms with Crippen LogP contribution in [0.25, 0.3) is 86.2 Å². The second-order valence-electron chi connectivity index (χ2n) is 18.0. The highest BCUT2D eigenvalue weighted by Crippen LogP contribution is 2.50. The van der Waals surface area contributed by atoms with Gasteiger partial charge in [-0.1, -0.05) is 218 Å². The highest BCUT2D eigenvalue weighted by Gasteiger charge is 2.24. The minimum absolute atomic E-state index is 1.07. The first kappa shape index (κ1) is 42.1. The Morgan fingerprint density at radius 3 is 1.32 bits per heavy atom. The molecule has 71 heavy (non-hydrogen) atoms. The van der Waals surface area contributed by atoms with Crippen LogP contribution in [0.1, 0.15) is 0 Å². The van der Waals surface area contributed by atoms with Gasteiger partial charge in [0.25, 0.3) is 0 Å². The number of thiophene rings is 1. The fourth-order valence-corrected chi connectivity index (χ4v) is 11.7. The molecule has 0 aliphatic heterocycles. The fraction of sp³-hybridized carbons (Fsp3) is 0. The minimum Gasteiger partial charge on any atom is -0.309 e. The predicted octanol–water partition coefficient (Wildman–Crippen LogP) is 20.0. The Morgan fingerprint density at radius 1 is 0.239 bits per heavy atom. The topological polar surface area (TPSA) is 6.48 Å². The van der Waals surface area contributed by atoms with E-state index in [1.165, 1.54) is 69.5 Å². The fourth-order valence-electron chi connectivity index (χ4n) is 10.5. The van der Waals surface area contributed by atoms with Crippen LogP contribution in [0.4, 0.5) is 34.1 Å². The molecule has 12 aromatic carbocycles. The average Bonchev–Trinajstić information content (AvgIpc) is 3.84. The molecule has 0 unspecified atom stereocenters. The Bertz CT molecular complexity index is 4050. The summed E-state index contributed by atoms with van der Waals surface area (Å²) in [5, 5.41) is 7.36. The molecule has 0 saturated heterocycles. The van der Waals surface area contributed by atoms with E-state index in [1.54, 1.807) is 0 Å². The third-order valence-electron chi connectivity index (χ3n) is 13.9. The van der Waals surface area contributed by atoms with Gasteiger partial charge in [0.15, 0.2) is 0 Å². The summed E-state index contributed by atoms with van der Waals surface area (Å²) in [6.45, 7) is 0. The number of para-hydroxylation sites is 2. The summed E-state index contributed by atoms with van der Waals surface area (Å²) in [6, 6.07) is 102. The molecular weight excluding hydrogens is 877 g/mol. The normalized spacial score (nSPS) is 11.4. The number of anilines is 6. The molecule has 334 valence electrons. The molecule has 0 N–H and O–H groups in total. The van der Waals surface area contributed by atoms with Gasteiger partial charge in [0, 0.05) is 53.4 Å². The Morgan fingerprint density at radius 2 is 0.662 bits per heavy atom. The Hall–Kier alpha value is -9.02. The lowest BCUT2D eigenvalue weighted by atomic mass is 9.96. The molecule has 13 rings (SSSR count). The molecule has 0 atom stereocenters. The van der Waals surface area contributed by atoms with Crippen molar-refractivity contribution in [2.75, 3.05) is 9.80 Å². The standard InChI is InChI=1S/C68H46N2S/c1-2-18-47(19-3-1)48-38-40-49(41-39-48)53-24-14-25-55(46-53)70(63-35-16-23-51-21-5-7-27-57(51)63)65-33-12-9-29-60(65)59-28-8-11-32-64(59)69(62-34-15-22-50-20-4-6-26-56(50)62)54-44-42-52(43-45-54)58-31-17-37-67-68(58)61-30-10-13-36-66(61)71-67/h1-46H. The molecule has 13 aromatic rings. The van der Waals surface area contributed by atoms with Crippen molar-refractivity contribution in [1.82, 2.24) is 0 Å². The average molecular weight is 923 g/mol. The van der Waals surface area contributed by atoms with Gasteiger partial charge in [-0.3, -0.25) is 0 Å². The summed E-state index contributed by atoms with van der Waals surface area (Å²) in [7, 11) is 0. The van der Waals surface area contributed by atoms with E-state index in [9.17, 15) is 0 Å². The molecule has 0 spiro atoms. The molecule has 0 aliphatic carbocycles. The van der Waals surface area contributed by atoms with Crippen molar-refractivity contribution >= 4 is 87.2 Å². The summed E-state index contributed by atoms with van der Waals surface area (Å²) in [5.41, 5.74) is 16.0. The van der Waals surface area contributed by atoms with Gasteiger partial charge in [-0.15, -0.1) is 11.3 Å². The number of fused-ring (bicyclic) bond motifs is 5. The van der Waals surface area contributed by atoms with E-state index in [-0.39, 0.29) is 0 Å². The van der Waals surface area contributed by atoms with Crippen LogP contribution in [0, 0.1) is 0 Å². The molecular formula is C68H46N2S. The van der Waals surface area contributed by atoms with E-state index in [2.05, 4.69) is 289 Å². The lowest BCUT2D eigenvalue weighted by Crippen LogP contribution is -2.14. The van der Waals surface area contributed by atoms with Crippen molar-refractivity contribution in [3.05, 3.63) is 279 Å². The molecule has 0 bridgehead atoms. The molecule has 2 nitrogen and oxygen atoms in total. The van der Waals surface area contributed by atoms with Crippen LogP contribution in [0.5, 0.6) is 0 Å². The third kappa shape index (κ3) is 7.70. The van der Waals surface area contributed by atoms with Crippen LogP contribution in [0.3, 0.4) is 0 Å². The smallest absolute Gasteiger partial charge is 0.0541 e. The summed E-state index contributed by atoms with van der Waals surface area (Å²) in [4.78, 5) is 4.92. The summed E-state index contributed by atoms with van der Waals surface area (Å²) < 4.78 is 2.62. The zero-order valence-corrected chi connectivity index (χ0v) is 39.7. The highest BCUT2D eigenvalue weighted by molar-refractivity contribution is 7.25. The van der Waals surface area contributed by atoms with Crippen molar-refractivity contribution in [2.24, 2.45) is 0 Å². The van der Waals surface area contributed by atoms with Gasteiger partial charge in [0.05, 0.1) is 22.7 Å². The summed E-state index contributed by atoms with van der Waals surface area (Å²) >= 11 is 1.86. The van der Waals surface area contributed by atoms with Gasteiger partial charge < -0.3 is 9.80 Å². The van der Waals surface area contributed by atoms with Crippen molar-refractivity contribution in [1.29, 1.82) is 0 Å². The minimum atomic E-state index is 1.07. The zero-order chi connectivity index (χ0) is 47.1. The molecule has 0 saturated carbocycles. The van der Waals surface area contributed by atoms with Gasteiger partial charge in [-0.05, 0) is 105 Å². The number of nitrogens with zero attached hydrogens (tertiary/aromatic N) is 2. The van der Waals surface area contributed by atoms with Crippen molar-refractivity contribution < 1.29 is 0 Å². The summed E-state index contributed by atoms with van der Waals surface area (Å²) in [5.74, 6) is 0. The first-order valence-corrected chi connectivity index (χ1v) is 25.1. The van der Waals surface area contributed by atoms with Crippen LogP contribution in [0.15, 0.2) is 279 Å². The lowest BCUT2D eigenvalue weighted by Gasteiger charge is -2.32. The molecule has 0 aliphatic rings. The maximum Gasteiger partial charge on any atom is 0.0541 e. The Kier molecular flexibility index (Phi) is 10.8. The molecule has 0 amide bonds. The van der Waals surface area contributed by atoms with Crippen LogP contribution >= 0.6 is 11.3 Å². The third-order valence-corrected chi connectivity index (χ3v) is 15.0. The van der Waals surface area contributed by atoms with Gasteiger partial charge in [0.1, 0.15) is 0 Å². The predicted molar refractivity (Wildman–Crippen MR) is 305 cm³/mol. The maximum atomic E-state index is 2.46. The van der Waals surface area contributed by atoms with E-state index in [0.717, 1.165) is 50.8 Å². The van der Waals surface area contributed by atoms with E-state index in [1.807, 2.05) is 11.3 Å². The monoisotopic (exact) mass is 922 g/mol. The van der Waals surface area contributed by atoms with E-state index in [0.29, 0.717) is 0 Å². The second-order valence-corrected chi connectivity index (χ2v) is 19.1. The Balaban J connectivity index is 0.983. The quantitative estimate of drug-likeness (QED) is 0.135. The summed E-state index contributed by atoms with van der Waals surface area (Å²) in [6.07, 6.45) is 0. The van der Waals surface area contributed by atoms with Gasteiger partial charge >= 0.3 is 0 Å². The van der Waals surface area contributed by atoms with E-state index >= 15 is 0 Å². The van der Waals surface area contributed by atoms with Crippen LogP contribution in [0.2, 0.25) is 0 Å². The maximum absolute atomic E-state index is 2.46. The molecule has 0 radical (unpaired) electrons. The van der Waals surface area contributed by atoms with Crippen LogP contribution in [-0.4, -0.2) is 0 Å². The number of hydrogen-bond acceptors (Lipinski definition) is 3. The lowest BCUT2D eigenvalue weighted by molar-refractivity contribution is 1.28. The van der Waals surface area contributed by atoms with Crippen molar-refractivity contribution in [2.45, 2.75) is 0 Å². The second kappa shape index (κ2) is 18.1.